The van der Waals surface area contributed by atoms with Crippen LogP contribution >= 0.6 is 0 Å². The first-order valence-corrected chi connectivity index (χ1v) is 4.24. The molecule has 0 radical (unpaired) electrons. The van der Waals surface area contributed by atoms with E-state index >= 15 is 0 Å². The molecule has 0 aliphatic carbocycles. The SMILES string of the molecule is CC(C)C[C@@H]([NH3+])C(=O)NCC(=O)[O-]. The van der Waals surface area contributed by atoms with Crippen LogP contribution in [0.4, 0.5) is 0 Å². The van der Waals surface area contributed by atoms with Crippen molar-refractivity contribution in [2.24, 2.45) is 5.92 Å². The molecule has 0 rings (SSSR count). The number of amides is 1. The predicted molar refractivity (Wildman–Crippen MR) is 44.1 cm³/mol. The Morgan fingerprint density at radius 3 is 2.38 bits per heavy atom. The second-order valence-electron chi connectivity index (χ2n) is 3.42. The van der Waals surface area contributed by atoms with Crippen LogP contribution in [0.3, 0.4) is 0 Å². The fourth-order valence-corrected chi connectivity index (χ4v) is 0.980. The van der Waals surface area contributed by atoms with E-state index in [4.69, 9.17) is 0 Å². The van der Waals surface area contributed by atoms with Gasteiger partial charge in [-0.05, 0) is 5.92 Å². The van der Waals surface area contributed by atoms with E-state index in [1.807, 2.05) is 13.8 Å². The molecule has 4 N–H and O–H groups in total. The molecule has 0 aromatic rings. The van der Waals surface area contributed by atoms with Crippen molar-refractivity contribution in [3.8, 4) is 0 Å². The fourth-order valence-electron chi connectivity index (χ4n) is 0.980. The average Bonchev–Trinajstić information content (AvgIpc) is 1.98. The Hall–Kier alpha value is -1.10. The highest BCUT2D eigenvalue weighted by Gasteiger charge is 2.17. The van der Waals surface area contributed by atoms with Gasteiger partial charge in [0.2, 0.25) is 0 Å². The molecule has 5 nitrogen and oxygen atoms in total. The van der Waals surface area contributed by atoms with Gasteiger partial charge in [0.15, 0.2) is 6.04 Å². The van der Waals surface area contributed by atoms with Crippen LogP contribution in [-0.4, -0.2) is 24.5 Å². The monoisotopic (exact) mass is 188 g/mol. The third kappa shape index (κ3) is 6.10. The van der Waals surface area contributed by atoms with Crippen molar-refractivity contribution in [3.63, 3.8) is 0 Å². The van der Waals surface area contributed by atoms with Crippen LogP contribution in [0.25, 0.3) is 0 Å². The van der Waals surface area contributed by atoms with E-state index in [1.54, 1.807) is 0 Å². The molecule has 13 heavy (non-hydrogen) atoms. The van der Waals surface area contributed by atoms with Gasteiger partial charge in [0.1, 0.15) is 0 Å². The maximum atomic E-state index is 11.1. The molecule has 5 heteroatoms. The molecule has 76 valence electrons. The van der Waals surface area contributed by atoms with Crippen molar-refractivity contribution in [1.82, 2.24) is 5.32 Å². The number of carboxylic acid groups (broad SMARTS) is 1. The van der Waals surface area contributed by atoms with E-state index in [0.717, 1.165) is 0 Å². The molecule has 1 amide bonds. The highest BCUT2D eigenvalue weighted by Crippen LogP contribution is 2.00. The van der Waals surface area contributed by atoms with Crippen LogP contribution in [0.15, 0.2) is 0 Å². The lowest BCUT2D eigenvalue weighted by Crippen LogP contribution is -2.68. The van der Waals surface area contributed by atoms with Gasteiger partial charge in [0.25, 0.3) is 5.91 Å². The zero-order chi connectivity index (χ0) is 10.4. The third-order valence-corrected chi connectivity index (χ3v) is 1.53. The van der Waals surface area contributed by atoms with Gasteiger partial charge in [-0.2, -0.15) is 0 Å². The Morgan fingerprint density at radius 1 is 1.46 bits per heavy atom. The lowest BCUT2D eigenvalue weighted by molar-refractivity contribution is -0.406. The van der Waals surface area contributed by atoms with Gasteiger partial charge in [-0.1, -0.05) is 13.8 Å². The third-order valence-electron chi connectivity index (χ3n) is 1.53. The van der Waals surface area contributed by atoms with Gasteiger partial charge in [-0.3, -0.25) is 4.79 Å². The molecule has 0 saturated heterocycles. The molecule has 0 unspecified atom stereocenters. The minimum atomic E-state index is -1.29. The summed E-state index contributed by atoms with van der Waals surface area (Å²) in [6.45, 7) is 3.51. The topological polar surface area (TPSA) is 96.9 Å². The summed E-state index contributed by atoms with van der Waals surface area (Å²) >= 11 is 0. The largest absolute Gasteiger partial charge is 0.548 e. The minimum absolute atomic E-state index is 0.335. The summed E-state index contributed by atoms with van der Waals surface area (Å²) in [4.78, 5) is 21.1. The van der Waals surface area contributed by atoms with Gasteiger partial charge < -0.3 is 21.0 Å². The molecular weight excluding hydrogens is 172 g/mol. The summed E-state index contributed by atoms with van der Waals surface area (Å²) in [7, 11) is 0. The molecule has 0 aliphatic rings. The number of hydrogen-bond acceptors (Lipinski definition) is 3. The number of carbonyl (C=O) groups is 2. The van der Waals surface area contributed by atoms with E-state index < -0.39 is 12.5 Å². The average molecular weight is 188 g/mol. The number of carbonyl (C=O) groups excluding carboxylic acids is 2. The van der Waals surface area contributed by atoms with Gasteiger partial charge in [-0.15, -0.1) is 0 Å². The molecule has 0 aromatic carbocycles. The number of hydrogen-bond donors (Lipinski definition) is 2. The molecule has 0 fully saturated rings. The minimum Gasteiger partial charge on any atom is -0.548 e. The molecule has 0 heterocycles. The van der Waals surface area contributed by atoms with Crippen LogP contribution in [-0.2, 0) is 9.59 Å². The molecule has 0 aliphatic heterocycles. The van der Waals surface area contributed by atoms with Gasteiger partial charge in [0.05, 0.1) is 12.5 Å². The molecule has 0 aromatic heterocycles. The zero-order valence-corrected chi connectivity index (χ0v) is 8.00. The van der Waals surface area contributed by atoms with Gasteiger partial charge in [-0.25, -0.2) is 0 Å². The predicted octanol–water partition coefficient (Wildman–Crippen LogP) is -2.49. The standard InChI is InChI=1S/C8H16N2O3/c1-5(2)3-6(9)8(13)10-4-7(11)12/h5-6H,3-4,9H2,1-2H3,(H,10,13)(H,11,12)/t6-/m1/s1. The fraction of sp³-hybridized carbons (Fsp3) is 0.750. The van der Waals surface area contributed by atoms with Crippen LogP contribution < -0.4 is 16.2 Å². The first-order valence-electron chi connectivity index (χ1n) is 4.24. The maximum Gasteiger partial charge on any atom is 0.278 e. The Balaban J connectivity index is 3.76. The van der Waals surface area contributed by atoms with Gasteiger partial charge >= 0.3 is 0 Å². The van der Waals surface area contributed by atoms with E-state index in [2.05, 4.69) is 11.1 Å². The normalized spacial score (nSPS) is 12.6. The van der Waals surface area contributed by atoms with Crippen LogP contribution in [0.2, 0.25) is 0 Å². The van der Waals surface area contributed by atoms with Crippen molar-refractivity contribution in [2.45, 2.75) is 26.3 Å². The van der Waals surface area contributed by atoms with E-state index in [-0.39, 0.29) is 11.9 Å². The molecule has 0 spiro atoms. The number of carboxylic acids is 1. The van der Waals surface area contributed by atoms with Crippen LogP contribution in [0.1, 0.15) is 20.3 Å². The summed E-state index contributed by atoms with van der Waals surface area (Å²) in [5.74, 6) is -1.25. The second-order valence-corrected chi connectivity index (χ2v) is 3.42. The summed E-state index contributed by atoms with van der Waals surface area (Å²) < 4.78 is 0. The lowest BCUT2D eigenvalue weighted by Gasteiger charge is -2.11. The Morgan fingerprint density at radius 2 is 2.00 bits per heavy atom. The zero-order valence-electron chi connectivity index (χ0n) is 8.00. The van der Waals surface area contributed by atoms with E-state index in [9.17, 15) is 14.7 Å². The number of nitrogens with one attached hydrogen (secondary N) is 1. The Bertz CT molecular complexity index is 192. The number of aliphatic carboxylic acids is 1. The van der Waals surface area contributed by atoms with Crippen molar-refractivity contribution in [3.05, 3.63) is 0 Å². The number of quaternary nitrogens is 1. The summed E-state index contributed by atoms with van der Waals surface area (Å²) in [5.41, 5.74) is 3.63. The van der Waals surface area contributed by atoms with E-state index in [1.165, 1.54) is 0 Å². The van der Waals surface area contributed by atoms with Crippen molar-refractivity contribution >= 4 is 11.9 Å². The highest BCUT2D eigenvalue weighted by molar-refractivity contribution is 5.83. The first-order chi connectivity index (χ1) is 5.93. The first kappa shape index (κ1) is 11.9. The summed E-state index contributed by atoms with van der Waals surface area (Å²) in [6.07, 6.45) is 0.652. The quantitative estimate of drug-likeness (QED) is 0.499. The summed E-state index contributed by atoms with van der Waals surface area (Å²) in [6, 6.07) is -0.389. The molecule has 0 bridgehead atoms. The Kier molecular flexibility index (Phi) is 5.06. The molecular formula is C8H16N2O3. The highest BCUT2D eigenvalue weighted by atomic mass is 16.4. The smallest absolute Gasteiger partial charge is 0.278 e. The van der Waals surface area contributed by atoms with E-state index in [0.29, 0.717) is 12.3 Å². The molecule has 1 atom stereocenters. The summed E-state index contributed by atoms with van der Waals surface area (Å²) in [5, 5.41) is 12.2. The van der Waals surface area contributed by atoms with Crippen LogP contribution in [0, 0.1) is 5.92 Å². The second kappa shape index (κ2) is 5.53. The van der Waals surface area contributed by atoms with Crippen molar-refractivity contribution in [1.29, 1.82) is 0 Å². The lowest BCUT2D eigenvalue weighted by atomic mass is 10.0. The van der Waals surface area contributed by atoms with Crippen molar-refractivity contribution in [2.75, 3.05) is 6.54 Å². The van der Waals surface area contributed by atoms with Gasteiger partial charge in [0, 0.05) is 6.42 Å². The maximum absolute atomic E-state index is 11.1. The van der Waals surface area contributed by atoms with Crippen LogP contribution in [0.5, 0.6) is 0 Å². The number of rotatable bonds is 5. The molecule has 0 saturated carbocycles. The van der Waals surface area contributed by atoms with Crippen molar-refractivity contribution < 1.29 is 20.4 Å². The Labute approximate surface area is 77.3 Å².